The van der Waals surface area contributed by atoms with Crippen LogP contribution in [0.15, 0.2) is 146 Å². The van der Waals surface area contributed by atoms with E-state index in [2.05, 4.69) is 187 Å². The molecule has 0 aromatic heterocycles. The van der Waals surface area contributed by atoms with Gasteiger partial charge in [-0.2, -0.15) is 0 Å². The molecule has 10 rings (SSSR count). The summed E-state index contributed by atoms with van der Waals surface area (Å²) < 4.78 is 0. The van der Waals surface area contributed by atoms with E-state index in [0.717, 1.165) is 12.3 Å². The SMILES string of the molecule is CC(C)(C)[P@@]1Cc2ccc3ccccc3c2-c2c(ccc3ccccc23)[C@@H]1[C@H]1c2ccc3ccccc3c2-c2c(ccc3ccccc23)C[P@]1C(C)(C)C. The molecule has 0 saturated carbocycles. The fourth-order valence-electron chi connectivity index (χ4n) is 10.0. The van der Waals surface area contributed by atoms with Gasteiger partial charge in [-0.05, 0) is 110 Å². The molecule has 4 atom stereocenters. The highest BCUT2D eigenvalue weighted by Crippen LogP contribution is 2.79. The first-order valence-corrected chi connectivity index (χ1v) is 22.9. The molecular weight excluding hydrogens is 687 g/mol. The summed E-state index contributed by atoms with van der Waals surface area (Å²) in [4.78, 5) is 0. The van der Waals surface area contributed by atoms with Crippen LogP contribution in [-0.4, -0.2) is 10.3 Å². The van der Waals surface area contributed by atoms with Crippen LogP contribution in [0.2, 0.25) is 0 Å². The fourth-order valence-corrected chi connectivity index (χ4v) is 17.3. The van der Waals surface area contributed by atoms with Gasteiger partial charge in [0, 0.05) is 11.3 Å². The molecule has 8 aromatic rings. The molecule has 2 heterocycles. The second-order valence-electron chi connectivity index (χ2n) is 17.6. The Labute approximate surface area is 323 Å². The van der Waals surface area contributed by atoms with Gasteiger partial charge in [-0.15, -0.1) is 0 Å². The van der Waals surface area contributed by atoms with Crippen molar-refractivity contribution in [3.63, 3.8) is 0 Å². The van der Waals surface area contributed by atoms with Gasteiger partial charge in [0.15, 0.2) is 0 Å². The van der Waals surface area contributed by atoms with Crippen LogP contribution in [0.25, 0.3) is 65.3 Å². The van der Waals surface area contributed by atoms with Crippen LogP contribution < -0.4 is 0 Å². The maximum absolute atomic E-state index is 2.59. The van der Waals surface area contributed by atoms with Gasteiger partial charge in [-0.25, -0.2) is 0 Å². The summed E-state index contributed by atoms with van der Waals surface area (Å²) in [6, 6.07) is 56.5. The van der Waals surface area contributed by atoms with Crippen molar-refractivity contribution in [1.29, 1.82) is 0 Å². The third-order valence-corrected chi connectivity index (χ3v) is 20.0. The van der Waals surface area contributed by atoms with Crippen molar-refractivity contribution in [3.05, 3.63) is 168 Å². The molecule has 0 nitrogen and oxygen atoms in total. The number of rotatable bonds is 1. The summed E-state index contributed by atoms with van der Waals surface area (Å²) in [6.07, 6.45) is 2.24. The Kier molecular flexibility index (Phi) is 7.97. The van der Waals surface area contributed by atoms with Crippen molar-refractivity contribution in [1.82, 2.24) is 0 Å². The predicted octanol–water partition coefficient (Wildman–Crippen LogP) is 16.0. The van der Waals surface area contributed by atoms with E-state index >= 15 is 0 Å². The predicted molar refractivity (Wildman–Crippen MR) is 240 cm³/mol. The third-order valence-electron chi connectivity index (χ3n) is 12.5. The van der Waals surface area contributed by atoms with Crippen LogP contribution >= 0.6 is 15.8 Å². The molecule has 8 aromatic carbocycles. The molecule has 0 unspecified atom stereocenters. The van der Waals surface area contributed by atoms with E-state index in [1.807, 2.05) is 0 Å². The van der Waals surface area contributed by atoms with E-state index in [1.54, 1.807) is 11.1 Å². The highest BCUT2D eigenvalue weighted by Gasteiger charge is 2.48. The van der Waals surface area contributed by atoms with E-state index < -0.39 is 15.8 Å². The normalized spacial score (nSPS) is 19.9. The molecule has 0 spiro atoms. The smallest absolute Gasteiger partial charge is 0.0165 e. The third kappa shape index (κ3) is 5.32. The Morgan fingerprint density at radius 3 is 0.981 bits per heavy atom. The van der Waals surface area contributed by atoms with Crippen molar-refractivity contribution in [2.45, 2.75) is 75.5 Å². The Morgan fingerprint density at radius 2 is 0.648 bits per heavy atom. The van der Waals surface area contributed by atoms with E-state index in [4.69, 9.17) is 0 Å². The van der Waals surface area contributed by atoms with Crippen LogP contribution in [0.4, 0.5) is 0 Å². The van der Waals surface area contributed by atoms with Crippen LogP contribution in [-0.2, 0) is 12.3 Å². The van der Waals surface area contributed by atoms with Crippen molar-refractivity contribution >= 4 is 58.9 Å². The van der Waals surface area contributed by atoms with E-state index in [-0.39, 0.29) is 10.3 Å². The number of hydrogen-bond acceptors (Lipinski definition) is 0. The van der Waals surface area contributed by atoms with Gasteiger partial charge in [-0.3, -0.25) is 0 Å². The molecule has 0 radical (unpaired) electrons. The minimum absolute atomic E-state index is 0.123. The first-order valence-electron chi connectivity index (χ1n) is 19.7. The molecule has 0 saturated heterocycles. The van der Waals surface area contributed by atoms with Crippen molar-refractivity contribution in [3.8, 4) is 22.3 Å². The average molecular weight is 735 g/mol. The topological polar surface area (TPSA) is 0 Å². The maximum atomic E-state index is 2.59. The lowest BCUT2D eigenvalue weighted by Crippen LogP contribution is -2.25. The molecule has 0 N–H and O–H groups in total. The second-order valence-corrected chi connectivity index (χ2v) is 23.9. The van der Waals surface area contributed by atoms with Gasteiger partial charge in [0.05, 0.1) is 0 Å². The van der Waals surface area contributed by atoms with Gasteiger partial charge in [0.2, 0.25) is 0 Å². The molecule has 54 heavy (non-hydrogen) atoms. The molecule has 0 aliphatic carbocycles. The number of hydrogen-bond donors (Lipinski definition) is 0. The lowest BCUT2D eigenvalue weighted by molar-refractivity contribution is 0.723. The monoisotopic (exact) mass is 734 g/mol. The zero-order chi connectivity index (χ0) is 36.9. The molecule has 0 bridgehead atoms. The zero-order valence-electron chi connectivity index (χ0n) is 32.3. The van der Waals surface area contributed by atoms with Gasteiger partial charge in [-0.1, -0.05) is 203 Å². The van der Waals surface area contributed by atoms with Gasteiger partial charge in [0.1, 0.15) is 0 Å². The average Bonchev–Trinajstić information content (AvgIpc) is 3.43. The van der Waals surface area contributed by atoms with Crippen molar-refractivity contribution in [2.24, 2.45) is 0 Å². The largest absolute Gasteiger partial charge is 0.0880 e. The zero-order valence-corrected chi connectivity index (χ0v) is 34.1. The van der Waals surface area contributed by atoms with Crippen LogP contribution in [0, 0.1) is 0 Å². The van der Waals surface area contributed by atoms with Crippen molar-refractivity contribution in [2.75, 3.05) is 0 Å². The lowest BCUT2D eigenvalue weighted by Gasteiger charge is -2.48. The summed E-state index contributed by atoms with van der Waals surface area (Å²) in [5.74, 6) is 0. The molecule has 0 fully saturated rings. The first-order chi connectivity index (χ1) is 26.1. The van der Waals surface area contributed by atoms with Crippen LogP contribution in [0.1, 0.15) is 75.1 Å². The molecule has 266 valence electrons. The maximum Gasteiger partial charge on any atom is 0.0165 e. The Bertz CT molecular complexity index is 2580. The van der Waals surface area contributed by atoms with Gasteiger partial charge >= 0.3 is 0 Å². The summed E-state index contributed by atoms with van der Waals surface area (Å²) in [5, 5.41) is 11.1. The van der Waals surface area contributed by atoms with E-state index in [9.17, 15) is 0 Å². The molecule has 2 heteroatoms. The summed E-state index contributed by atoms with van der Waals surface area (Å²) in [7, 11) is -1.11. The molecule has 0 amide bonds. The van der Waals surface area contributed by atoms with E-state index in [1.165, 1.54) is 76.5 Å². The van der Waals surface area contributed by atoms with Crippen LogP contribution in [0.5, 0.6) is 0 Å². The Morgan fingerprint density at radius 1 is 0.352 bits per heavy atom. The molecule has 2 aliphatic heterocycles. The standard InChI is InChI=1S/C52H48P2/c1-51(2,3)53-31-37-25-23-33-15-7-11-19-39(33)45(37)47-41-21-13-9-17-35(41)27-29-43(47)49(53)50-44-30-28-36-18-10-14-22-42(36)48(44)46-38(32-54(50)52(4,5)6)26-24-34-16-8-12-20-40(34)46/h7-30,49-50H,31-32H2,1-6H3/t49-,50-,53+,54+/m1/s1. The molecular formula is C52H48P2. The minimum Gasteiger partial charge on any atom is -0.0880 e. The Hall–Kier alpha value is -4.34. The van der Waals surface area contributed by atoms with Gasteiger partial charge in [0.25, 0.3) is 0 Å². The minimum atomic E-state index is -0.557. The number of fused-ring (bicyclic) bond motifs is 14. The van der Waals surface area contributed by atoms with E-state index in [0.29, 0.717) is 11.3 Å². The summed E-state index contributed by atoms with van der Waals surface area (Å²) in [5.41, 5.74) is 12.8. The molecule has 2 aliphatic rings. The van der Waals surface area contributed by atoms with Crippen molar-refractivity contribution < 1.29 is 0 Å². The van der Waals surface area contributed by atoms with Gasteiger partial charge < -0.3 is 0 Å². The highest BCUT2D eigenvalue weighted by atomic mass is 31.1. The summed E-state index contributed by atoms with van der Waals surface area (Å²) in [6.45, 7) is 15.3. The fraction of sp³-hybridized carbons (Fsp3) is 0.231. The Balaban J connectivity index is 1.38. The second kappa shape index (κ2) is 12.6. The first kappa shape index (κ1) is 34.2. The number of benzene rings is 8. The lowest BCUT2D eigenvalue weighted by atomic mass is 9.83. The summed E-state index contributed by atoms with van der Waals surface area (Å²) >= 11 is 0. The van der Waals surface area contributed by atoms with Crippen LogP contribution in [0.3, 0.4) is 0 Å². The highest BCUT2D eigenvalue weighted by molar-refractivity contribution is 7.63. The quantitative estimate of drug-likeness (QED) is 0.147.